The van der Waals surface area contributed by atoms with Crippen molar-refractivity contribution in [3.8, 4) is 11.5 Å². The molecule has 2 aromatic rings. The molecule has 10 heteroatoms. The van der Waals surface area contributed by atoms with Crippen LogP contribution in [0.15, 0.2) is 12.1 Å². The number of hydrogen-bond donors (Lipinski definition) is 1. The van der Waals surface area contributed by atoms with E-state index in [1.54, 1.807) is 0 Å². The zero-order chi connectivity index (χ0) is 21.8. The third-order valence-electron chi connectivity index (χ3n) is 4.57. The summed E-state index contributed by atoms with van der Waals surface area (Å²) in [7, 11) is 4.13. The Morgan fingerprint density at radius 3 is 2.53 bits per heavy atom. The molecule has 1 amide bonds. The van der Waals surface area contributed by atoms with Crippen LogP contribution in [0.5, 0.6) is 11.5 Å². The van der Waals surface area contributed by atoms with E-state index >= 15 is 0 Å². The van der Waals surface area contributed by atoms with Gasteiger partial charge in [-0.2, -0.15) is 0 Å². The van der Waals surface area contributed by atoms with E-state index in [0.29, 0.717) is 10.6 Å². The first-order valence-corrected chi connectivity index (χ1v) is 10.2. The third kappa shape index (κ3) is 4.36. The van der Waals surface area contributed by atoms with Crippen LogP contribution < -0.4 is 14.8 Å². The van der Waals surface area contributed by atoms with Gasteiger partial charge in [0.15, 0.2) is 18.1 Å². The summed E-state index contributed by atoms with van der Waals surface area (Å²) in [6, 6.07) is 2.77. The lowest BCUT2D eigenvalue weighted by Crippen LogP contribution is -2.21. The largest absolute Gasteiger partial charge is 0.493 e. The summed E-state index contributed by atoms with van der Waals surface area (Å²) in [6.45, 7) is -0.534. The van der Waals surface area contributed by atoms with Crippen molar-refractivity contribution in [3.63, 3.8) is 0 Å². The first-order chi connectivity index (χ1) is 14.4. The molecule has 160 valence electrons. The van der Waals surface area contributed by atoms with Crippen molar-refractivity contribution in [3.05, 3.63) is 38.7 Å². The fourth-order valence-electron chi connectivity index (χ4n) is 3.22. The predicted octanol–water partition coefficient (Wildman–Crippen LogP) is 3.49. The number of benzene rings is 1. The number of amides is 1. The smallest absolute Gasteiger partial charge is 0.341 e. The Kier molecular flexibility index (Phi) is 6.84. The normalized spacial score (nSPS) is 12.1. The van der Waals surface area contributed by atoms with Gasteiger partial charge in [-0.3, -0.25) is 4.79 Å². The second-order valence-electron chi connectivity index (χ2n) is 6.37. The van der Waals surface area contributed by atoms with Gasteiger partial charge in [-0.1, -0.05) is 11.6 Å². The predicted molar refractivity (Wildman–Crippen MR) is 111 cm³/mol. The summed E-state index contributed by atoms with van der Waals surface area (Å²) >= 11 is 7.43. The van der Waals surface area contributed by atoms with Gasteiger partial charge in [0.25, 0.3) is 5.91 Å². The van der Waals surface area contributed by atoms with Crippen LogP contribution in [-0.2, 0) is 27.1 Å². The highest BCUT2D eigenvalue weighted by Gasteiger charge is 2.28. The van der Waals surface area contributed by atoms with Gasteiger partial charge in [0.05, 0.1) is 37.5 Å². The highest BCUT2D eigenvalue weighted by molar-refractivity contribution is 7.17. The molecule has 1 aromatic carbocycles. The number of esters is 2. The van der Waals surface area contributed by atoms with Gasteiger partial charge >= 0.3 is 11.9 Å². The number of thiophene rings is 1. The Labute approximate surface area is 182 Å². The second-order valence-corrected chi connectivity index (χ2v) is 7.88. The number of halogens is 1. The van der Waals surface area contributed by atoms with Crippen molar-refractivity contribution in [2.24, 2.45) is 0 Å². The third-order valence-corrected chi connectivity index (χ3v) is 6.06. The summed E-state index contributed by atoms with van der Waals surface area (Å²) in [5.74, 6) is -1.27. The van der Waals surface area contributed by atoms with Crippen molar-refractivity contribution >= 4 is 45.8 Å². The van der Waals surface area contributed by atoms with Gasteiger partial charge < -0.3 is 24.3 Å². The molecule has 0 bridgehead atoms. The van der Waals surface area contributed by atoms with Crippen LogP contribution in [0.25, 0.3) is 0 Å². The van der Waals surface area contributed by atoms with E-state index in [4.69, 9.17) is 30.5 Å². The second kappa shape index (κ2) is 9.36. The molecule has 0 atom stereocenters. The quantitative estimate of drug-likeness (QED) is 0.640. The molecule has 1 aliphatic carbocycles. The Hall–Kier alpha value is -2.78. The van der Waals surface area contributed by atoms with E-state index in [-0.39, 0.29) is 22.1 Å². The molecular weight excluding hydrogens is 434 g/mol. The SMILES string of the molecule is COC(=O)c1c(NC(=O)COC(=O)c2cc(Cl)c(OC)c(OC)c2)sc2c1CCC2. The number of anilines is 1. The minimum atomic E-state index is -0.755. The zero-order valence-corrected chi connectivity index (χ0v) is 18.2. The van der Waals surface area contributed by atoms with E-state index in [2.05, 4.69) is 5.32 Å². The van der Waals surface area contributed by atoms with Crippen molar-refractivity contribution in [1.82, 2.24) is 0 Å². The molecule has 0 saturated carbocycles. The number of aryl methyl sites for hydroxylation is 1. The average molecular weight is 454 g/mol. The highest BCUT2D eigenvalue weighted by atomic mass is 35.5. The first-order valence-electron chi connectivity index (χ1n) is 9.00. The van der Waals surface area contributed by atoms with Gasteiger partial charge in [0.1, 0.15) is 5.00 Å². The summed E-state index contributed by atoms with van der Waals surface area (Å²) in [6.07, 6.45) is 2.58. The lowest BCUT2D eigenvalue weighted by Gasteiger charge is -2.11. The van der Waals surface area contributed by atoms with E-state index < -0.39 is 24.5 Å². The Morgan fingerprint density at radius 2 is 1.87 bits per heavy atom. The minimum absolute atomic E-state index is 0.107. The fourth-order valence-corrected chi connectivity index (χ4v) is 4.80. The standard InChI is InChI=1S/C20H20ClNO7S/c1-26-13-8-10(7-12(21)17(13)27-2)19(24)29-9-15(23)22-18-16(20(25)28-3)11-5-4-6-14(11)30-18/h7-8H,4-6,9H2,1-3H3,(H,22,23). The van der Waals surface area contributed by atoms with E-state index in [0.717, 1.165) is 29.7 Å². The number of nitrogens with one attached hydrogen (secondary N) is 1. The van der Waals surface area contributed by atoms with Gasteiger partial charge in [0, 0.05) is 4.88 Å². The lowest BCUT2D eigenvalue weighted by molar-refractivity contribution is -0.119. The van der Waals surface area contributed by atoms with Crippen LogP contribution in [0.4, 0.5) is 5.00 Å². The van der Waals surface area contributed by atoms with Crippen LogP contribution in [0.2, 0.25) is 5.02 Å². The van der Waals surface area contributed by atoms with Crippen LogP contribution in [0.1, 0.15) is 37.6 Å². The number of carbonyl (C=O) groups excluding carboxylic acids is 3. The summed E-state index contributed by atoms with van der Waals surface area (Å²) in [5.41, 5.74) is 1.40. The number of fused-ring (bicyclic) bond motifs is 1. The van der Waals surface area contributed by atoms with Crippen LogP contribution in [-0.4, -0.2) is 45.8 Å². The molecule has 30 heavy (non-hydrogen) atoms. The molecule has 0 radical (unpaired) electrons. The Bertz CT molecular complexity index is 1000. The van der Waals surface area contributed by atoms with E-state index in [1.165, 1.54) is 44.8 Å². The Morgan fingerprint density at radius 1 is 1.10 bits per heavy atom. The van der Waals surface area contributed by atoms with Crippen molar-refractivity contribution in [2.75, 3.05) is 33.3 Å². The lowest BCUT2D eigenvalue weighted by atomic mass is 10.1. The molecule has 1 aromatic heterocycles. The average Bonchev–Trinajstić information content (AvgIpc) is 3.31. The van der Waals surface area contributed by atoms with Gasteiger partial charge in [0.2, 0.25) is 0 Å². The monoisotopic (exact) mass is 453 g/mol. The highest BCUT2D eigenvalue weighted by Crippen LogP contribution is 2.39. The maximum atomic E-state index is 12.3. The number of rotatable bonds is 7. The topological polar surface area (TPSA) is 100 Å². The first kappa shape index (κ1) is 21.9. The van der Waals surface area contributed by atoms with E-state index in [9.17, 15) is 14.4 Å². The van der Waals surface area contributed by atoms with Gasteiger partial charge in [-0.15, -0.1) is 11.3 Å². The fraction of sp³-hybridized carbons (Fsp3) is 0.350. The van der Waals surface area contributed by atoms with E-state index in [1.807, 2.05) is 0 Å². The van der Waals surface area contributed by atoms with Crippen molar-refractivity contribution in [1.29, 1.82) is 0 Å². The summed E-state index contributed by atoms with van der Waals surface area (Å²) < 4.78 is 20.2. The molecular formula is C20H20ClNO7S. The van der Waals surface area contributed by atoms with Crippen molar-refractivity contribution in [2.45, 2.75) is 19.3 Å². The van der Waals surface area contributed by atoms with Gasteiger partial charge in [-0.25, -0.2) is 9.59 Å². The van der Waals surface area contributed by atoms with Crippen LogP contribution >= 0.6 is 22.9 Å². The maximum absolute atomic E-state index is 12.3. The molecule has 1 heterocycles. The number of ether oxygens (including phenoxy) is 4. The number of methoxy groups -OCH3 is 3. The van der Waals surface area contributed by atoms with Gasteiger partial charge in [-0.05, 0) is 37.0 Å². The van der Waals surface area contributed by atoms with Crippen molar-refractivity contribution < 1.29 is 33.3 Å². The van der Waals surface area contributed by atoms with Crippen LogP contribution in [0, 0.1) is 0 Å². The van der Waals surface area contributed by atoms with Crippen LogP contribution in [0.3, 0.4) is 0 Å². The molecule has 1 aliphatic rings. The number of carbonyl (C=O) groups is 3. The Balaban J connectivity index is 1.68. The molecule has 8 nitrogen and oxygen atoms in total. The summed E-state index contributed by atoms with van der Waals surface area (Å²) in [5, 5.41) is 3.22. The molecule has 0 spiro atoms. The number of hydrogen-bond acceptors (Lipinski definition) is 8. The molecule has 0 saturated heterocycles. The molecule has 0 fully saturated rings. The molecule has 0 unspecified atom stereocenters. The minimum Gasteiger partial charge on any atom is -0.493 e. The maximum Gasteiger partial charge on any atom is 0.341 e. The molecule has 0 aliphatic heterocycles. The summed E-state index contributed by atoms with van der Waals surface area (Å²) in [4.78, 5) is 37.9. The molecule has 3 rings (SSSR count). The zero-order valence-electron chi connectivity index (χ0n) is 16.6. The molecule has 1 N–H and O–H groups in total.